The molecule has 2 aromatic rings. The Labute approximate surface area is 114 Å². The molecule has 1 unspecified atom stereocenters. The fourth-order valence-corrected chi connectivity index (χ4v) is 2.08. The summed E-state index contributed by atoms with van der Waals surface area (Å²) in [5.41, 5.74) is 2.91. The Balaban J connectivity index is 2.41. The lowest BCUT2D eigenvalue weighted by Gasteiger charge is -2.08. The van der Waals surface area contributed by atoms with E-state index in [0.717, 1.165) is 27.1 Å². The lowest BCUT2D eigenvalue weighted by atomic mass is 10.1. The normalized spacial score (nSPS) is 12.5. The zero-order chi connectivity index (χ0) is 12.4. The topological polar surface area (TPSA) is 25.8 Å². The van der Waals surface area contributed by atoms with Gasteiger partial charge in [-0.05, 0) is 26.0 Å². The molecular weight excluding hydrogens is 300 g/mol. The van der Waals surface area contributed by atoms with Crippen molar-refractivity contribution in [3.05, 3.63) is 46.2 Å². The fraction of sp³-hybridized carbons (Fsp3) is 0.231. The number of hydrogen-bond donors (Lipinski definition) is 0. The van der Waals surface area contributed by atoms with Crippen LogP contribution in [0.5, 0.6) is 0 Å². The van der Waals surface area contributed by atoms with Crippen molar-refractivity contribution in [1.29, 1.82) is 0 Å². The second kappa shape index (κ2) is 5.15. The summed E-state index contributed by atoms with van der Waals surface area (Å²) in [5.74, 6) is 0.732. The van der Waals surface area contributed by atoms with Crippen LogP contribution in [0.25, 0.3) is 11.4 Å². The minimum absolute atomic E-state index is 0.0611. The van der Waals surface area contributed by atoms with Crippen molar-refractivity contribution in [2.24, 2.45) is 0 Å². The SMILES string of the molecule is Cc1nc(-c2ccc(Br)cc2)ncc1C(C)Cl. The Morgan fingerprint density at radius 3 is 2.41 bits per heavy atom. The molecule has 2 rings (SSSR count). The largest absolute Gasteiger partial charge is 0.236 e. The predicted octanol–water partition coefficient (Wildman–Crippen LogP) is 4.51. The third kappa shape index (κ3) is 2.85. The second-order valence-corrected chi connectivity index (χ2v) is 5.43. The van der Waals surface area contributed by atoms with Gasteiger partial charge in [0, 0.05) is 27.5 Å². The van der Waals surface area contributed by atoms with Gasteiger partial charge in [-0.1, -0.05) is 28.1 Å². The molecule has 1 atom stereocenters. The van der Waals surface area contributed by atoms with Crippen molar-refractivity contribution < 1.29 is 0 Å². The number of alkyl halides is 1. The maximum atomic E-state index is 6.04. The molecule has 1 heterocycles. The van der Waals surface area contributed by atoms with Gasteiger partial charge in [-0.2, -0.15) is 0 Å². The highest BCUT2D eigenvalue weighted by atomic mass is 79.9. The minimum Gasteiger partial charge on any atom is -0.236 e. The Kier molecular flexibility index (Phi) is 3.79. The van der Waals surface area contributed by atoms with E-state index in [1.165, 1.54) is 0 Å². The first-order valence-electron chi connectivity index (χ1n) is 5.31. The van der Waals surface area contributed by atoms with Gasteiger partial charge in [0.1, 0.15) is 0 Å². The van der Waals surface area contributed by atoms with Gasteiger partial charge in [-0.3, -0.25) is 0 Å². The zero-order valence-electron chi connectivity index (χ0n) is 9.61. The molecule has 0 saturated heterocycles. The van der Waals surface area contributed by atoms with Crippen molar-refractivity contribution in [2.75, 3.05) is 0 Å². The van der Waals surface area contributed by atoms with Gasteiger partial charge >= 0.3 is 0 Å². The Bertz CT molecular complexity index is 523. The number of aryl methyl sites for hydroxylation is 1. The van der Waals surface area contributed by atoms with E-state index in [4.69, 9.17) is 11.6 Å². The van der Waals surface area contributed by atoms with Gasteiger partial charge in [0.05, 0.1) is 5.38 Å². The molecule has 0 aliphatic rings. The maximum Gasteiger partial charge on any atom is 0.159 e. The van der Waals surface area contributed by atoms with Gasteiger partial charge in [-0.15, -0.1) is 11.6 Å². The average molecular weight is 312 g/mol. The van der Waals surface area contributed by atoms with Gasteiger partial charge in [0.2, 0.25) is 0 Å². The average Bonchev–Trinajstić information content (AvgIpc) is 2.29. The molecule has 4 heteroatoms. The summed E-state index contributed by atoms with van der Waals surface area (Å²) in [5, 5.41) is -0.0611. The quantitative estimate of drug-likeness (QED) is 0.762. The molecule has 88 valence electrons. The van der Waals surface area contributed by atoms with E-state index in [0.29, 0.717) is 0 Å². The first-order valence-corrected chi connectivity index (χ1v) is 6.54. The molecule has 0 aliphatic carbocycles. The third-order valence-corrected chi connectivity index (χ3v) is 3.31. The molecule has 0 bridgehead atoms. The lowest BCUT2D eigenvalue weighted by Crippen LogP contribution is -1.98. The van der Waals surface area contributed by atoms with Crippen molar-refractivity contribution in [3.63, 3.8) is 0 Å². The fourth-order valence-electron chi connectivity index (χ4n) is 1.60. The third-order valence-electron chi connectivity index (χ3n) is 2.55. The van der Waals surface area contributed by atoms with Crippen LogP contribution in [0.3, 0.4) is 0 Å². The minimum atomic E-state index is -0.0611. The molecule has 17 heavy (non-hydrogen) atoms. The summed E-state index contributed by atoms with van der Waals surface area (Å²) in [7, 11) is 0. The van der Waals surface area contributed by atoms with Crippen LogP contribution in [0, 0.1) is 6.92 Å². The van der Waals surface area contributed by atoms with E-state index in [-0.39, 0.29) is 5.38 Å². The van der Waals surface area contributed by atoms with Crippen molar-refractivity contribution in [3.8, 4) is 11.4 Å². The molecule has 1 aromatic carbocycles. The molecule has 0 saturated carbocycles. The number of nitrogens with zero attached hydrogens (tertiary/aromatic N) is 2. The number of hydrogen-bond acceptors (Lipinski definition) is 2. The Morgan fingerprint density at radius 1 is 1.24 bits per heavy atom. The maximum absolute atomic E-state index is 6.04. The first-order chi connectivity index (χ1) is 8.08. The van der Waals surface area contributed by atoms with Crippen LogP contribution in [0.15, 0.2) is 34.9 Å². The highest BCUT2D eigenvalue weighted by Gasteiger charge is 2.09. The molecule has 0 radical (unpaired) electrons. The number of halogens is 2. The van der Waals surface area contributed by atoms with E-state index >= 15 is 0 Å². The molecule has 0 N–H and O–H groups in total. The Hall–Kier alpha value is -0.930. The molecule has 1 aromatic heterocycles. The van der Waals surface area contributed by atoms with Crippen molar-refractivity contribution in [2.45, 2.75) is 19.2 Å². The van der Waals surface area contributed by atoms with Gasteiger partial charge in [0.15, 0.2) is 5.82 Å². The summed E-state index contributed by atoms with van der Waals surface area (Å²) in [6, 6.07) is 7.93. The molecule has 0 aliphatic heterocycles. The molecule has 0 amide bonds. The molecule has 0 fully saturated rings. The zero-order valence-corrected chi connectivity index (χ0v) is 12.0. The van der Waals surface area contributed by atoms with Crippen LogP contribution in [0.4, 0.5) is 0 Å². The first kappa shape index (κ1) is 12.5. The standard InChI is InChI=1S/C13H12BrClN2/c1-8(15)12-7-16-13(17-9(12)2)10-3-5-11(14)6-4-10/h3-8H,1-2H3. The summed E-state index contributed by atoms with van der Waals surface area (Å²) in [6.45, 7) is 3.88. The van der Waals surface area contributed by atoms with Gasteiger partial charge < -0.3 is 0 Å². The number of rotatable bonds is 2. The van der Waals surface area contributed by atoms with Crippen LogP contribution in [-0.4, -0.2) is 9.97 Å². The Morgan fingerprint density at radius 2 is 1.88 bits per heavy atom. The van der Waals surface area contributed by atoms with Crippen LogP contribution in [0.2, 0.25) is 0 Å². The highest BCUT2D eigenvalue weighted by Crippen LogP contribution is 2.24. The summed E-state index contributed by atoms with van der Waals surface area (Å²) in [4.78, 5) is 8.83. The van der Waals surface area contributed by atoms with Crippen LogP contribution in [0.1, 0.15) is 23.6 Å². The summed E-state index contributed by atoms with van der Waals surface area (Å²) >= 11 is 9.45. The summed E-state index contributed by atoms with van der Waals surface area (Å²) < 4.78 is 1.05. The van der Waals surface area contributed by atoms with Crippen molar-refractivity contribution >= 4 is 27.5 Å². The molecule has 0 spiro atoms. The number of aromatic nitrogens is 2. The second-order valence-electron chi connectivity index (χ2n) is 3.86. The van der Waals surface area contributed by atoms with E-state index in [9.17, 15) is 0 Å². The van der Waals surface area contributed by atoms with Gasteiger partial charge in [-0.25, -0.2) is 9.97 Å². The molecular formula is C13H12BrClN2. The lowest BCUT2D eigenvalue weighted by molar-refractivity contribution is 0.976. The van der Waals surface area contributed by atoms with Crippen LogP contribution in [-0.2, 0) is 0 Å². The van der Waals surface area contributed by atoms with Gasteiger partial charge in [0.25, 0.3) is 0 Å². The van der Waals surface area contributed by atoms with E-state index in [2.05, 4.69) is 25.9 Å². The molecule has 2 nitrogen and oxygen atoms in total. The van der Waals surface area contributed by atoms with Crippen molar-refractivity contribution in [1.82, 2.24) is 9.97 Å². The smallest absolute Gasteiger partial charge is 0.159 e. The highest BCUT2D eigenvalue weighted by molar-refractivity contribution is 9.10. The summed E-state index contributed by atoms with van der Waals surface area (Å²) in [6.07, 6.45) is 1.80. The predicted molar refractivity (Wildman–Crippen MR) is 74.2 cm³/mol. The van der Waals surface area contributed by atoms with E-state index in [1.54, 1.807) is 6.20 Å². The number of benzene rings is 1. The monoisotopic (exact) mass is 310 g/mol. The van der Waals surface area contributed by atoms with E-state index < -0.39 is 0 Å². The van der Waals surface area contributed by atoms with Crippen LogP contribution >= 0.6 is 27.5 Å². The van der Waals surface area contributed by atoms with Crippen LogP contribution < -0.4 is 0 Å². The van der Waals surface area contributed by atoms with E-state index in [1.807, 2.05) is 38.1 Å².